The third-order valence-corrected chi connectivity index (χ3v) is 2.72. The molecule has 2 aromatic rings. The molecule has 0 bridgehead atoms. The van der Waals surface area contributed by atoms with Gasteiger partial charge in [0.1, 0.15) is 0 Å². The molecule has 0 heterocycles. The third kappa shape index (κ3) is 4.80. The molecular weight excluding hydrogens is 236 g/mol. The Balaban J connectivity index is 1.75. The molecule has 0 fully saturated rings. The van der Waals surface area contributed by atoms with Crippen molar-refractivity contribution in [3.63, 3.8) is 0 Å². The van der Waals surface area contributed by atoms with E-state index in [-0.39, 0.29) is 5.97 Å². The summed E-state index contributed by atoms with van der Waals surface area (Å²) in [4.78, 5) is 11.5. The van der Waals surface area contributed by atoms with Gasteiger partial charge in [0.15, 0.2) is 0 Å². The van der Waals surface area contributed by atoms with Crippen LogP contribution in [0.4, 0.5) is 0 Å². The van der Waals surface area contributed by atoms with Crippen LogP contribution in [0.5, 0.6) is 0 Å². The third-order valence-electron chi connectivity index (χ3n) is 2.72. The first-order chi connectivity index (χ1) is 9.34. The lowest BCUT2D eigenvalue weighted by molar-refractivity contribution is -0.137. The van der Waals surface area contributed by atoms with Crippen molar-refractivity contribution in [3.05, 3.63) is 78.1 Å². The zero-order valence-corrected chi connectivity index (χ0v) is 10.7. The van der Waals surface area contributed by atoms with Crippen LogP contribution in [0.25, 0.3) is 6.08 Å². The van der Waals surface area contributed by atoms with Crippen LogP contribution < -0.4 is 0 Å². The van der Waals surface area contributed by atoms with E-state index >= 15 is 0 Å². The molecule has 0 aliphatic carbocycles. The number of hydrogen-bond donors (Lipinski definition) is 0. The SMILES string of the molecule is O=C(CCc1ccccc1)OC=Cc1ccccc1. The molecule has 2 nitrogen and oxygen atoms in total. The first-order valence-electron chi connectivity index (χ1n) is 6.29. The molecule has 2 heteroatoms. The normalized spacial score (nSPS) is 10.5. The molecular formula is C17H16O2. The van der Waals surface area contributed by atoms with Gasteiger partial charge in [-0.1, -0.05) is 60.7 Å². The maximum Gasteiger partial charge on any atom is 0.310 e. The number of rotatable bonds is 5. The molecule has 0 aliphatic heterocycles. The fourth-order valence-corrected chi connectivity index (χ4v) is 1.70. The van der Waals surface area contributed by atoms with Crippen molar-refractivity contribution in [1.29, 1.82) is 0 Å². The first kappa shape index (κ1) is 13.1. The standard InChI is InChI=1S/C17H16O2/c18-17(12-11-15-7-3-1-4-8-15)19-14-13-16-9-5-2-6-10-16/h1-10,13-14H,11-12H2. The lowest BCUT2D eigenvalue weighted by Gasteiger charge is -2.00. The highest BCUT2D eigenvalue weighted by Gasteiger charge is 2.01. The van der Waals surface area contributed by atoms with Gasteiger partial charge in [-0.05, 0) is 23.6 Å². The van der Waals surface area contributed by atoms with Gasteiger partial charge in [-0.25, -0.2) is 0 Å². The second kappa shape index (κ2) is 7.17. The van der Waals surface area contributed by atoms with Crippen molar-refractivity contribution in [1.82, 2.24) is 0 Å². The van der Waals surface area contributed by atoms with Crippen LogP contribution in [0.15, 0.2) is 66.9 Å². The van der Waals surface area contributed by atoms with Crippen LogP contribution in [0.2, 0.25) is 0 Å². The highest BCUT2D eigenvalue weighted by atomic mass is 16.5. The number of hydrogen-bond acceptors (Lipinski definition) is 2. The van der Waals surface area contributed by atoms with E-state index < -0.39 is 0 Å². The highest BCUT2D eigenvalue weighted by Crippen LogP contribution is 2.05. The highest BCUT2D eigenvalue weighted by molar-refractivity contribution is 5.71. The van der Waals surface area contributed by atoms with Gasteiger partial charge in [0, 0.05) is 6.42 Å². The van der Waals surface area contributed by atoms with E-state index in [9.17, 15) is 4.79 Å². The van der Waals surface area contributed by atoms with Crippen molar-refractivity contribution in [2.75, 3.05) is 0 Å². The summed E-state index contributed by atoms with van der Waals surface area (Å²) in [7, 11) is 0. The van der Waals surface area contributed by atoms with E-state index in [0.29, 0.717) is 12.8 Å². The van der Waals surface area contributed by atoms with Gasteiger partial charge in [0.05, 0.1) is 6.26 Å². The summed E-state index contributed by atoms with van der Waals surface area (Å²) in [5.74, 6) is -0.212. The van der Waals surface area contributed by atoms with Crippen molar-refractivity contribution in [2.24, 2.45) is 0 Å². The molecule has 0 spiro atoms. The number of aryl methyl sites for hydroxylation is 1. The summed E-state index contributed by atoms with van der Waals surface area (Å²) >= 11 is 0. The van der Waals surface area contributed by atoms with Gasteiger partial charge in [-0.3, -0.25) is 4.79 Å². The van der Waals surface area contributed by atoms with E-state index in [2.05, 4.69) is 0 Å². The Bertz CT molecular complexity index is 530. The van der Waals surface area contributed by atoms with Crippen LogP contribution in [-0.2, 0) is 16.0 Å². The molecule has 0 saturated carbocycles. The quantitative estimate of drug-likeness (QED) is 0.597. The molecule has 0 unspecified atom stereocenters. The lowest BCUT2D eigenvalue weighted by Crippen LogP contribution is -2.01. The minimum absolute atomic E-state index is 0.212. The van der Waals surface area contributed by atoms with E-state index in [1.807, 2.05) is 60.7 Å². The predicted molar refractivity (Wildman–Crippen MR) is 76.3 cm³/mol. The molecule has 0 N–H and O–H groups in total. The summed E-state index contributed by atoms with van der Waals surface area (Å²) in [6, 6.07) is 19.6. The largest absolute Gasteiger partial charge is 0.434 e. The molecule has 2 aromatic carbocycles. The average molecular weight is 252 g/mol. The molecule has 0 aromatic heterocycles. The first-order valence-corrected chi connectivity index (χ1v) is 6.29. The zero-order valence-electron chi connectivity index (χ0n) is 10.7. The Kier molecular flexibility index (Phi) is 4.94. The molecule has 0 radical (unpaired) electrons. The van der Waals surface area contributed by atoms with Crippen molar-refractivity contribution >= 4 is 12.0 Å². The maximum atomic E-state index is 11.5. The fraction of sp³-hybridized carbons (Fsp3) is 0.118. The topological polar surface area (TPSA) is 26.3 Å². The van der Waals surface area contributed by atoms with Crippen LogP contribution in [0.3, 0.4) is 0 Å². The Morgan fingerprint density at radius 2 is 1.58 bits per heavy atom. The monoisotopic (exact) mass is 252 g/mol. The van der Waals surface area contributed by atoms with Crippen LogP contribution in [0.1, 0.15) is 17.5 Å². The van der Waals surface area contributed by atoms with Crippen LogP contribution in [-0.4, -0.2) is 5.97 Å². The minimum atomic E-state index is -0.212. The maximum absolute atomic E-state index is 11.5. The van der Waals surface area contributed by atoms with Crippen molar-refractivity contribution in [2.45, 2.75) is 12.8 Å². The summed E-state index contributed by atoms with van der Waals surface area (Å²) in [6.45, 7) is 0. The fourth-order valence-electron chi connectivity index (χ4n) is 1.70. The zero-order chi connectivity index (χ0) is 13.3. The number of esters is 1. The van der Waals surface area contributed by atoms with Gasteiger partial charge >= 0.3 is 5.97 Å². The van der Waals surface area contributed by atoms with E-state index in [1.54, 1.807) is 6.08 Å². The Labute approximate surface area is 113 Å². The van der Waals surface area contributed by atoms with Gasteiger partial charge in [0.2, 0.25) is 0 Å². The summed E-state index contributed by atoms with van der Waals surface area (Å²) in [5, 5.41) is 0. The molecule has 0 atom stereocenters. The molecule has 2 rings (SSSR count). The van der Waals surface area contributed by atoms with E-state index in [4.69, 9.17) is 4.74 Å². The number of carbonyl (C=O) groups excluding carboxylic acids is 1. The number of carbonyl (C=O) groups is 1. The number of ether oxygens (including phenoxy) is 1. The van der Waals surface area contributed by atoms with Gasteiger partial charge in [-0.15, -0.1) is 0 Å². The van der Waals surface area contributed by atoms with Gasteiger partial charge < -0.3 is 4.74 Å². The Morgan fingerprint density at radius 1 is 0.947 bits per heavy atom. The minimum Gasteiger partial charge on any atom is -0.434 e. The predicted octanol–water partition coefficient (Wildman–Crippen LogP) is 3.83. The van der Waals surface area contributed by atoms with Crippen LogP contribution >= 0.6 is 0 Å². The van der Waals surface area contributed by atoms with E-state index in [1.165, 1.54) is 6.26 Å². The molecule has 0 aliphatic rings. The second-order valence-electron chi connectivity index (χ2n) is 4.19. The van der Waals surface area contributed by atoms with Crippen LogP contribution in [0, 0.1) is 0 Å². The van der Waals surface area contributed by atoms with Crippen molar-refractivity contribution in [3.8, 4) is 0 Å². The molecule has 0 saturated heterocycles. The molecule has 0 amide bonds. The summed E-state index contributed by atoms with van der Waals surface area (Å²) in [6.07, 6.45) is 4.32. The number of benzene rings is 2. The van der Waals surface area contributed by atoms with Gasteiger partial charge in [0.25, 0.3) is 0 Å². The lowest BCUT2D eigenvalue weighted by atomic mass is 10.1. The van der Waals surface area contributed by atoms with Gasteiger partial charge in [-0.2, -0.15) is 0 Å². The van der Waals surface area contributed by atoms with E-state index in [0.717, 1.165) is 11.1 Å². The van der Waals surface area contributed by atoms with Crippen molar-refractivity contribution < 1.29 is 9.53 Å². The molecule has 19 heavy (non-hydrogen) atoms. The Morgan fingerprint density at radius 3 is 2.26 bits per heavy atom. The summed E-state index contributed by atoms with van der Waals surface area (Å²) in [5.41, 5.74) is 2.16. The average Bonchev–Trinajstić information content (AvgIpc) is 2.47. The summed E-state index contributed by atoms with van der Waals surface area (Å²) < 4.78 is 5.05. The molecule has 96 valence electrons. The smallest absolute Gasteiger partial charge is 0.310 e. The Hall–Kier alpha value is -2.35. The second-order valence-corrected chi connectivity index (χ2v) is 4.19.